The molecule has 128 valence electrons. The van der Waals surface area contributed by atoms with Crippen LogP contribution in [0.5, 0.6) is 0 Å². The van der Waals surface area contributed by atoms with Crippen molar-refractivity contribution in [1.29, 1.82) is 0 Å². The summed E-state index contributed by atoms with van der Waals surface area (Å²) in [5.74, 6) is 2.73. The maximum Gasteiger partial charge on any atom is 0.226 e. The monoisotopic (exact) mass is 317 g/mol. The Morgan fingerprint density at radius 1 is 1.17 bits per heavy atom. The quantitative estimate of drug-likeness (QED) is 0.882. The van der Waals surface area contributed by atoms with Crippen molar-refractivity contribution in [3.8, 4) is 0 Å². The third-order valence-electron chi connectivity index (χ3n) is 5.06. The standard InChI is InChI=1S/C19H31N3O/c1-19(2,3)13-16(23)21-18-17(14-9-5-4-6-10-14)22-12-8-7-11-15(22)20-18/h14H,4-13H2,1-3H3,(H,21,23). The first-order chi connectivity index (χ1) is 10.9. The Morgan fingerprint density at radius 2 is 1.91 bits per heavy atom. The van der Waals surface area contributed by atoms with Crippen LogP contribution in [0.3, 0.4) is 0 Å². The molecule has 0 atom stereocenters. The van der Waals surface area contributed by atoms with Crippen molar-refractivity contribution in [1.82, 2.24) is 9.55 Å². The molecule has 3 rings (SSSR count). The van der Waals surface area contributed by atoms with E-state index in [2.05, 4.69) is 30.7 Å². The lowest BCUT2D eigenvalue weighted by Crippen LogP contribution is -2.22. The Hall–Kier alpha value is -1.32. The van der Waals surface area contributed by atoms with Crippen molar-refractivity contribution in [2.45, 2.75) is 91.0 Å². The number of hydrogen-bond donors (Lipinski definition) is 1. The highest BCUT2D eigenvalue weighted by molar-refractivity contribution is 5.90. The van der Waals surface area contributed by atoms with E-state index in [1.807, 2.05) is 0 Å². The van der Waals surface area contributed by atoms with E-state index in [1.165, 1.54) is 56.5 Å². The largest absolute Gasteiger partial charge is 0.330 e. The molecule has 2 aliphatic rings. The van der Waals surface area contributed by atoms with Gasteiger partial charge in [-0.15, -0.1) is 0 Å². The molecule has 0 unspecified atom stereocenters. The summed E-state index contributed by atoms with van der Waals surface area (Å²) in [5.41, 5.74) is 1.33. The summed E-state index contributed by atoms with van der Waals surface area (Å²) in [7, 11) is 0. The fourth-order valence-electron chi connectivity index (χ4n) is 4.05. The van der Waals surface area contributed by atoms with E-state index in [9.17, 15) is 4.79 Å². The number of hydrogen-bond acceptors (Lipinski definition) is 2. The Morgan fingerprint density at radius 3 is 2.61 bits per heavy atom. The fourth-order valence-corrected chi connectivity index (χ4v) is 4.05. The Labute approximate surface area is 140 Å². The molecule has 2 heterocycles. The van der Waals surface area contributed by atoms with E-state index in [0.717, 1.165) is 18.8 Å². The van der Waals surface area contributed by atoms with Crippen LogP contribution < -0.4 is 5.32 Å². The molecule has 0 spiro atoms. The zero-order valence-corrected chi connectivity index (χ0v) is 15.0. The van der Waals surface area contributed by atoms with Gasteiger partial charge in [-0.3, -0.25) is 4.79 Å². The second kappa shape index (κ2) is 6.66. The van der Waals surface area contributed by atoms with E-state index in [-0.39, 0.29) is 11.3 Å². The minimum absolute atomic E-state index is 0.00837. The summed E-state index contributed by atoms with van der Waals surface area (Å²) in [4.78, 5) is 17.2. The number of aryl methyl sites for hydroxylation is 1. The fraction of sp³-hybridized carbons (Fsp3) is 0.789. The van der Waals surface area contributed by atoms with Crippen LogP contribution in [-0.4, -0.2) is 15.5 Å². The van der Waals surface area contributed by atoms with Gasteiger partial charge in [-0.25, -0.2) is 4.98 Å². The van der Waals surface area contributed by atoms with Crippen molar-refractivity contribution in [2.24, 2.45) is 5.41 Å². The highest BCUT2D eigenvalue weighted by Crippen LogP contribution is 2.38. The van der Waals surface area contributed by atoms with Crippen molar-refractivity contribution >= 4 is 11.7 Å². The van der Waals surface area contributed by atoms with Gasteiger partial charge in [-0.05, 0) is 31.1 Å². The van der Waals surface area contributed by atoms with Gasteiger partial charge < -0.3 is 9.88 Å². The highest BCUT2D eigenvalue weighted by Gasteiger charge is 2.28. The number of carbonyl (C=O) groups is 1. The number of imidazole rings is 1. The molecule has 0 aromatic carbocycles. The smallest absolute Gasteiger partial charge is 0.226 e. The third-order valence-corrected chi connectivity index (χ3v) is 5.06. The Balaban J connectivity index is 1.86. The summed E-state index contributed by atoms with van der Waals surface area (Å²) in [6, 6.07) is 0. The molecule has 0 radical (unpaired) electrons. The molecule has 1 N–H and O–H groups in total. The summed E-state index contributed by atoms with van der Waals surface area (Å²) in [6.45, 7) is 7.38. The second-order valence-electron chi connectivity index (χ2n) is 8.49. The first kappa shape index (κ1) is 16.5. The minimum Gasteiger partial charge on any atom is -0.330 e. The van der Waals surface area contributed by atoms with Crippen LogP contribution in [0.2, 0.25) is 0 Å². The predicted octanol–water partition coefficient (Wildman–Crippen LogP) is 4.64. The van der Waals surface area contributed by atoms with E-state index >= 15 is 0 Å². The molecule has 1 aliphatic heterocycles. The zero-order chi connectivity index (χ0) is 16.4. The third kappa shape index (κ3) is 3.96. The maximum atomic E-state index is 12.4. The lowest BCUT2D eigenvalue weighted by molar-refractivity contribution is -0.117. The molecule has 1 amide bonds. The van der Waals surface area contributed by atoms with Crippen LogP contribution in [0.4, 0.5) is 5.82 Å². The summed E-state index contributed by atoms with van der Waals surface area (Å²) < 4.78 is 2.42. The van der Waals surface area contributed by atoms with E-state index in [0.29, 0.717) is 12.3 Å². The van der Waals surface area contributed by atoms with Crippen molar-refractivity contribution < 1.29 is 4.79 Å². The van der Waals surface area contributed by atoms with Crippen molar-refractivity contribution in [2.75, 3.05) is 5.32 Å². The zero-order valence-electron chi connectivity index (χ0n) is 15.0. The predicted molar refractivity (Wildman–Crippen MR) is 93.7 cm³/mol. The molecular formula is C19H31N3O. The molecule has 4 nitrogen and oxygen atoms in total. The van der Waals surface area contributed by atoms with Gasteiger partial charge in [0, 0.05) is 25.3 Å². The molecule has 1 saturated carbocycles. The van der Waals surface area contributed by atoms with Crippen molar-refractivity contribution in [3.05, 3.63) is 11.5 Å². The van der Waals surface area contributed by atoms with E-state index < -0.39 is 0 Å². The molecule has 4 heteroatoms. The van der Waals surface area contributed by atoms with Gasteiger partial charge in [0.05, 0.1) is 5.69 Å². The SMILES string of the molecule is CC(C)(C)CC(=O)Nc1nc2n(c1C1CCCCC1)CCCC2. The summed E-state index contributed by atoms with van der Waals surface area (Å²) in [6.07, 6.45) is 10.5. The second-order valence-corrected chi connectivity index (χ2v) is 8.49. The summed E-state index contributed by atoms with van der Waals surface area (Å²) in [5, 5.41) is 3.15. The number of amides is 1. The van der Waals surface area contributed by atoms with Crippen molar-refractivity contribution in [3.63, 3.8) is 0 Å². The van der Waals surface area contributed by atoms with E-state index in [4.69, 9.17) is 4.98 Å². The lowest BCUT2D eigenvalue weighted by atomic mass is 9.86. The molecule has 23 heavy (non-hydrogen) atoms. The number of anilines is 1. The van der Waals surface area contributed by atoms with Crippen LogP contribution in [-0.2, 0) is 17.8 Å². The van der Waals surface area contributed by atoms with Gasteiger partial charge in [-0.1, -0.05) is 40.0 Å². The average molecular weight is 317 g/mol. The highest BCUT2D eigenvalue weighted by atomic mass is 16.1. The number of nitrogens with one attached hydrogen (secondary N) is 1. The Bertz CT molecular complexity index is 562. The maximum absolute atomic E-state index is 12.4. The van der Waals surface area contributed by atoms with Gasteiger partial charge in [0.2, 0.25) is 5.91 Å². The van der Waals surface area contributed by atoms with Crippen LogP contribution in [0, 0.1) is 5.41 Å². The summed E-state index contributed by atoms with van der Waals surface area (Å²) >= 11 is 0. The number of carbonyl (C=O) groups excluding carboxylic acids is 1. The van der Waals surface area contributed by atoms with Gasteiger partial charge >= 0.3 is 0 Å². The topological polar surface area (TPSA) is 46.9 Å². The van der Waals surface area contributed by atoms with Crippen LogP contribution in [0.1, 0.15) is 89.6 Å². The Kier molecular flexibility index (Phi) is 4.79. The molecule has 1 aromatic heterocycles. The number of aromatic nitrogens is 2. The molecule has 1 aliphatic carbocycles. The number of fused-ring (bicyclic) bond motifs is 1. The number of nitrogens with zero attached hydrogens (tertiary/aromatic N) is 2. The first-order valence-corrected chi connectivity index (χ1v) is 9.33. The molecule has 0 bridgehead atoms. The van der Waals surface area contributed by atoms with Gasteiger partial charge in [0.25, 0.3) is 0 Å². The average Bonchev–Trinajstić information content (AvgIpc) is 2.83. The first-order valence-electron chi connectivity index (χ1n) is 9.33. The molecular weight excluding hydrogens is 286 g/mol. The van der Waals surface area contributed by atoms with E-state index in [1.54, 1.807) is 0 Å². The van der Waals surface area contributed by atoms with Gasteiger partial charge in [0.15, 0.2) is 5.82 Å². The molecule has 1 aromatic rings. The van der Waals surface area contributed by atoms with Crippen LogP contribution in [0.25, 0.3) is 0 Å². The van der Waals surface area contributed by atoms with Gasteiger partial charge in [0.1, 0.15) is 5.82 Å². The number of rotatable bonds is 3. The molecule has 1 fully saturated rings. The van der Waals surface area contributed by atoms with Crippen LogP contribution >= 0.6 is 0 Å². The lowest BCUT2D eigenvalue weighted by Gasteiger charge is -2.26. The van der Waals surface area contributed by atoms with Gasteiger partial charge in [-0.2, -0.15) is 0 Å². The van der Waals surface area contributed by atoms with Crippen LogP contribution in [0.15, 0.2) is 0 Å². The normalized spacial score (nSPS) is 19.4. The molecule has 0 saturated heterocycles. The minimum atomic E-state index is 0.00837.